The third-order valence-corrected chi connectivity index (χ3v) is 5.74. The van der Waals surface area contributed by atoms with Gasteiger partial charge in [-0.2, -0.15) is 13.2 Å². The normalized spacial score (nSPS) is 16.2. The first-order valence-electron chi connectivity index (χ1n) is 11.1. The number of amides is 1. The van der Waals surface area contributed by atoms with Gasteiger partial charge in [0, 0.05) is 30.2 Å². The molecule has 1 aliphatic rings. The molecule has 1 saturated heterocycles. The molecule has 1 atom stereocenters. The molecule has 0 saturated carbocycles. The largest absolute Gasteiger partial charge is 0.492 e. The Bertz CT molecular complexity index is 1160. The van der Waals surface area contributed by atoms with E-state index in [4.69, 9.17) is 4.74 Å². The molecule has 35 heavy (non-hydrogen) atoms. The Hall–Kier alpha value is -3.73. The quantitative estimate of drug-likeness (QED) is 0.492. The number of benzene rings is 1. The van der Waals surface area contributed by atoms with Gasteiger partial charge in [-0.15, -0.1) is 0 Å². The highest BCUT2D eigenvalue weighted by atomic mass is 19.4. The Kier molecular flexibility index (Phi) is 7.45. The molecule has 0 bridgehead atoms. The predicted molar refractivity (Wildman–Crippen MR) is 124 cm³/mol. The lowest BCUT2D eigenvalue weighted by molar-refractivity contribution is -0.137. The lowest BCUT2D eigenvalue weighted by Crippen LogP contribution is -2.30. The van der Waals surface area contributed by atoms with Gasteiger partial charge in [-0.1, -0.05) is 0 Å². The first kappa shape index (κ1) is 24.4. The Morgan fingerprint density at radius 1 is 1.20 bits per heavy atom. The molecule has 3 heterocycles. The van der Waals surface area contributed by atoms with Gasteiger partial charge >= 0.3 is 6.18 Å². The second-order valence-electron chi connectivity index (χ2n) is 8.24. The van der Waals surface area contributed by atoms with Crippen LogP contribution in [-0.2, 0) is 12.7 Å². The minimum atomic E-state index is -4.60. The van der Waals surface area contributed by atoms with E-state index < -0.39 is 17.6 Å². The van der Waals surface area contributed by atoms with Gasteiger partial charge in [-0.3, -0.25) is 4.79 Å². The van der Waals surface area contributed by atoms with E-state index >= 15 is 0 Å². The minimum absolute atomic E-state index is 0.0230. The molecule has 1 aliphatic heterocycles. The van der Waals surface area contributed by atoms with Crippen LogP contribution in [0.2, 0.25) is 0 Å². The first-order valence-corrected chi connectivity index (χ1v) is 11.1. The van der Waals surface area contributed by atoms with Gasteiger partial charge in [0.15, 0.2) is 0 Å². The number of hydrogen-bond acceptors (Lipinski definition) is 7. The number of nitrogens with one attached hydrogen (secondary N) is 2. The number of pyridine rings is 1. The van der Waals surface area contributed by atoms with Crippen LogP contribution in [0.5, 0.6) is 5.75 Å². The molecule has 11 heteroatoms. The van der Waals surface area contributed by atoms with Crippen LogP contribution in [0, 0.1) is 0 Å². The predicted octanol–water partition coefficient (Wildman–Crippen LogP) is 4.23. The third-order valence-electron chi connectivity index (χ3n) is 5.74. The molecular weight excluding hydrogens is 461 g/mol. The van der Waals surface area contributed by atoms with Crippen molar-refractivity contribution in [2.75, 3.05) is 30.8 Å². The van der Waals surface area contributed by atoms with Gasteiger partial charge in [0.25, 0.3) is 5.91 Å². The van der Waals surface area contributed by atoms with Gasteiger partial charge < -0.3 is 20.3 Å². The molecule has 1 fully saturated rings. The molecule has 0 radical (unpaired) electrons. The van der Waals surface area contributed by atoms with Crippen LogP contribution in [0.25, 0.3) is 0 Å². The molecule has 1 amide bonds. The molecule has 3 aromatic rings. The van der Waals surface area contributed by atoms with Gasteiger partial charge in [-0.05, 0) is 56.8 Å². The topological polar surface area (TPSA) is 92.3 Å². The van der Waals surface area contributed by atoms with Crippen LogP contribution in [0.1, 0.15) is 34.5 Å². The second-order valence-corrected chi connectivity index (χ2v) is 8.24. The Morgan fingerprint density at radius 2 is 2.06 bits per heavy atom. The number of ether oxygens (including phenoxy) is 1. The van der Waals surface area contributed by atoms with Crippen LogP contribution in [0.3, 0.4) is 0 Å². The fourth-order valence-corrected chi connectivity index (χ4v) is 3.83. The lowest BCUT2D eigenvalue weighted by Gasteiger charge is -2.20. The van der Waals surface area contributed by atoms with Crippen LogP contribution in [-0.4, -0.2) is 52.0 Å². The van der Waals surface area contributed by atoms with Gasteiger partial charge in [0.1, 0.15) is 24.5 Å². The van der Waals surface area contributed by atoms with Crippen LogP contribution >= 0.6 is 0 Å². The van der Waals surface area contributed by atoms with Crippen LogP contribution in [0.15, 0.2) is 55.1 Å². The summed E-state index contributed by atoms with van der Waals surface area (Å²) >= 11 is 0. The second kappa shape index (κ2) is 10.7. The minimum Gasteiger partial charge on any atom is -0.492 e. The summed E-state index contributed by atoms with van der Waals surface area (Å²) in [6.07, 6.45) is 1.85. The monoisotopic (exact) mass is 486 g/mol. The lowest BCUT2D eigenvalue weighted by atomic mass is 10.1. The zero-order valence-corrected chi connectivity index (χ0v) is 19.0. The van der Waals surface area contributed by atoms with Crippen LogP contribution in [0.4, 0.5) is 24.7 Å². The van der Waals surface area contributed by atoms with E-state index in [1.165, 1.54) is 24.7 Å². The molecule has 1 unspecified atom stereocenters. The van der Waals surface area contributed by atoms with E-state index in [0.29, 0.717) is 5.69 Å². The molecule has 184 valence electrons. The number of aromatic nitrogens is 3. The Morgan fingerprint density at radius 3 is 2.77 bits per heavy atom. The van der Waals surface area contributed by atoms with Crippen molar-refractivity contribution in [1.29, 1.82) is 0 Å². The van der Waals surface area contributed by atoms with Crippen molar-refractivity contribution in [3.8, 4) is 5.75 Å². The number of carbonyl (C=O) groups is 1. The summed E-state index contributed by atoms with van der Waals surface area (Å²) < 4.78 is 46.3. The molecule has 2 aromatic heterocycles. The molecule has 8 nitrogen and oxygen atoms in total. The van der Waals surface area contributed by atoms with Crippen LogP contribution < -0.4 is 15.4 Å². The highest BCUT2D eigenvalue weighted by molar-refractivity contribution is 6.07. The van der Waals surface area contributed by atoms with Crippen molar-refractivity contribution in [2.24, 2.45) is 0 Å². The zero-order valence-electron chi connectivity index (χ0n) is 19.0. The SMILES string of the molecule is CN1CCCC1COc1cc(NC(=O)c2cccnc2NCc2ccncn2)cc(C(F)(F)F)c1. The highest BCUT2D eigenvalue weighted by Gasteiger charge is 2.32. The Labute approximate surface area is 200 Å². The Balaban J connectivity index is 1.51. The number of likely N-dealkylation sites (N-methyl/N-ethyl adjacent to an activating group) is 1. The summed E-state index contributed by atoms with van der Waals surface area (Å²) in [6, 6.07) is 8.19. The summed E-state index contributed by atoms with van der Waals surface area (Å²) in [5, 5.41) is 5.58. The van der Waals surface area contributed by atoms with E-state index in [0.717, 1.165) is 31.5 Å². The van der Waals surface area contributed by atoms with Crippen molar-refractivity contribution in [3.05, 3.63) is 71.9 Å². The smallest absolute Gasteiger partial charge is 0.416 e. The van der Waals surface area contributed by atoms with E-state index in [1.54, 1.807) is 18.3 Å². The van der Waals surface area contributed by atoms with Gasteiger partial charge in [-0.25, -0.2) is 15.0 Å². The average Bonchev–Trinajstić information content (AvgIpc) is 3.26. The van der Waals surface area contributed by atoms with Crippen molar-refractivity contribution >= 4 is 17.4 Å². The van der Waals surface area contributed by atoms with Gasteiger partial charge in [0.05, 0.1) is 23.4 Å². The number of hydrogen-bond donors (Lipinski definition) is 2. The fourth-order valence-electron chi connectivity index (χ4n) is 3.83. The molecule has 0 spiro atoms. The van der Waals surface area contributed by atoms with Gasteiger partial charge in [0.2, 0.25) is 0 Å². The summed E-state index contributed by atoms with van der Waals surface area (Å²) in [7, 11) is 1.96. The third kappa shape index (κ3) is 6.44. The number of anilines is 2. The maximum Gasteiger partial charge on any atom is 0.416 e. The van der Waals surface area contributed by atoms with E-state index in [9.17, 15) is 18.0 Å². The van der Waals surface area contributed by atoms with E-state index in [2.05, 4.69) is 30.5 Å². The zero-order chi connectivity index (χ0) is 24.8. The number of halogens is 3. The number of carbonyl (C=O) groups excluding carboxylic acids is 1. The molecule has 0 aliphatic carbocycles. The summed E-state index contributed by atoms with van der Waals surface area (Å²) in [5.74, 6) is -0.288. The van der Waals surface area contributed by atoms with E-state index in [1.807, 2.05) is 7.05 Å². The number of nitrogens with zero attached hydrogens (tertiary/aromatic N) is 4. The number of likely N-dealkylation sites (tertiary alicyclic amines) is 1. The fraction of sp³-hybridized carbons (Fsp3) is 0.333. The van der Waals surface area contributed by atoms with Crippen molar-refractivity contribution in [1.82, 2.24) is 19.9 Å². The highest BCUT2D eigenvalue weighted by Crippen LogP contribution is 2.34. The maximum atomic E-state index is 13.5. The number of alkyl halides is 3. The summed E-state index contributed by atoms with van der Waals surface area (Å²) in [5.41, 5.74) is -0.0674. The summed E-state index contributed by atoms with van der Waals surface area (Å²) in [4.78, 5) is 27.2. The van der Waals surface area contributed by atoms with E-state index in [-0.39, 0.29) is 42.0 Å². The number of rotatable bonds is 8. The van der Waals surface area contributed by atoms with Crippen molar-refractivity contribution in [3.63, 3.8) is 0 Å². The standard InChI is InChI=1S/C24H25F3N6O2/c1-33-9-3-4-19(33)14-35-20-11-16(24(25,26)27)10-18(12-20)32-23(34)21-5-2-7-29-22(21)30-13-17-6-8-28-15-31-17/h2,5-8,10-12,15,19H,3-4,9,13-14H2,1H3,(H,29,30)(H,32,34). The molecule has 1 aromatic carbocycles. The van der Waals surface area contributed by atoms with Crippen molar-refractivity contribution in [2.45, 2.75) is 31.6 Å². The molecular formula is C24H25F3N6O2. The molecule has 2 N–H and O–H groups in total. The average molecular weight is 486 g/mol. The summed E-state index contributed by atoms with van der Waals surface area (Å²) in [6.45, 7) is 1.48. The maximum absolute atomic E-state index is 13.5. The van der Waals surface area contributed by atoms with Crippen molar-refractivity contribution < 1.29 is 22.7 Å². The first-order chi connectivity index (χ1) is 16.8. The molecule has 4 rings (SSSR count).